The van der Waals surface area contributed by atoms with Gasteiger partial charge < -0.3 is 10.2 Å². The average Bonchev–Trinajstić information content (AvgIpc) is 2.78. The van der Waals surface area contributed by atoms with Gasteiger partial charge in [-0.25, -0.2) is 4.98 Å². The van der Waals surface area contributed by atoms with Crippen LogP contribution in [0.2, 0.25) is 0 Å². The molecule has 7 heteroatoms. The number of hydrogen-bond donors (Lipinski definition) is 1. The molecule has 2 heterocycles. The maximum absolute atomic E-state index is 12.4. The second kappa shape index (κ2) is 4.81. The number of nitrogens with one attached hydrogen (secondary N) is 1. The topological polar surface area (TPSA) is 28.2 Å². The molecule has 1 aromatic rings. The Bertz CT molecular complexity index is 369. The monoisotopic (exact) mass is 265 g/mol. The number of halogens is 3. The molecule has 1 fully saturated rings. The molecule has 0 unspecified atom stereocenters. The molecular formula is C10H14F3N3S. The molecule has 0 bridgehead atoms. The molecular weight excluding hydrogens is 251 g/mol. The highest BCUT2D eigenvalue weighted by Crippen LogP contribution is 2.36. The van der Waals surface area contributed by atoms with Crippen molar-refractivity contribution in [2.45, 2.75) is 25.1 Å². The third kappa shape index (κ3) is 2.90. The lowest BCUT2D eigenvalue weighted by Gasteiger charge is -2.31. The standard InChI is InChI=1S/C10H14F3N3S/c1-14-7-2-4-16(5-3-7)9-15-6-8(17-9)10(11,12)13/h6-7,14H,2-5H2,1H3. The van der Waals surface area contributed by atoms with Crippen LogP contribution in [0.25, 0.3) is 0 Å². The number of thiazole rings is 1. The second-order valence-electron chi connectivity index (χ2n) is 4.05. The van der Waals surface area contributed by atoms with E-state index < -0.39 is 11.1 Å². The third-order valence-electron chi connectivity index (χ3n) is 2.95. The Kier molecular flexibility index (Phi) is 3.58. The van der Waals surface area contributed by atoms with Crippen LogP contribution in [0.15, 0.2) is 6.20 Å². The summed E-state index contributed by atoms with van der Waals surface area (Å²) in [7, 11) is 1.91. The Morgan fingerprint density at radius 1 is 1.41 bits per heavy atom. The molecule has 1 aromatic heterocycles. The van der Waals surface area contributed by atoms with Gasteiger partial charge >= 0.3 is 6.18 Å². The quantitative estimate of drug-likeness (QED) is 0.889. The van der Waals surface area contributed by atoms with Crippen molar-refractivity contribution in [1.82, 2.24) is 10.3 Å². The van der Waals surface area contributed by atoms with Crippen LogP contribution in [-0.2, 0) is 6.18 Å². The number of anilines is 1. The zero-order valence-corrected chi connectivity index (χ0v) is 10.2. The molecule has 1 aliphatic heterocycles. The maximum Gasteiger partial charge on any atom is 0.427 e. The van der Waals surface area contributed by atoms with Crippen LogP contribution >= 0.6 is 11.3 Å². The summed E-state index contributed by atoms with van der Waals surface area (Å²) < 4.78 is 37.3. The molecule has 0 spiro atoms. The zero-order chi connectivity index (χ0) is 12.5. The summed E-state index contributed by atoms with van der Waals surface area (Å²) in [6.45, 7) is 1.52. The van der Waals surface area contributed by atoms with Crippen molar-refractivity contribution in [3.05, 3.63) is 11.1 Å². The van der Waals surface area contributed by atoms with Crippen LogP contribution in [0.1, 0.15) is 17.7 Å². The number of piperidine rings is 1. The van der Waals surface area contributed by atoms with Crippen LogP contribution in [0.3, 0.4) is 0 Å². The predicted molar refractivity (Wildman–Crippen MR) is 61.4 cm³/mol. The third-order valence-corrected chi connectivity index (χ3v) is 4.05. The van der Waals surface area contributed by atoms with Gasteiger partial charge in [-0.15, -0.1) is 0 Å². The fourth-order valence-electron chi connectivity index (χ4n) is 1.90. The highest BCUT2D eigenvalue weighted by Gasteiger charge is 2.34. The smallest absolute Gasteiger partial charge is 0.348 e. The summed E-state index contributed by atoms with van der Waals surface area (Å²) in [5.74, 6) is 0. The normalized spacial score (nSPS) is 18.7. The van der Waals surface area contributed by atoms with E-state index in [2.05, 4.69) is 10.3 Å². The maximum atomic E-state index is 12.4. The number of rotatable bonds is 2. The lowest BCUT2D eigenvalue weighted by atomic mass is 10.1. The minimum absolute atomic E-state index is 0.466. The number of aromatic nitrogens is 1. The fourth-order valence-corrected chi connectivity index (χ4v) is 2.74. The molecule has 0 aliphatic carbocycles. The summed E-state index contributed by atoms with van der Waals surface area (Å²) in [5.41, 5.74) is 0. The summed E-state index contributed by atoms with van der Waals surface area (Å²) in [6, 6.07) is 0.466. The van der Waals surface area contributed by atoms with Crippen molar-refractivity contribution in [2.24, 2.45) is 0 Å². The van der Waals surface area contributed by atoms with Crippen molar-refractivity contribution in [3.63, 3.8) is 0 Å². The van der Waals surface area contributed by atoms with E-state index in [1.54, 1.807) is 0 Å². The number of nitrogens with zero attached hydrogens (tertiary/aromatic N) is 2. The SMILES string of the molecule is CNC1CCN(c2ncc(C(F)(F)F)s2)CC1. The van der Waals surface area contributed by atoms with Gasteiger partial charge in [0.2, 0.25) is 0 Å². The molecule has 0 aromatic carbocycles. The fraction of sp³-hybridized carbons (Fsp3) is 0.700. The molecule has 0 saturated carbocycles. The predicted octanol–water partition coefficient (Wildman–Crippen LogP) is 2.35. The van der Waals surface area contributed by atoms with Gasteiger partial charge in [-0.2, -0.15) is 13.2 Å². The Hall–Kier alpha value is -0.820. The van der Waals surface area contributed by atoms with Crippen molar-refractivity contribution < 1.29 is 13.2 Å². The van der Waals surface area contributed by atoms with Crippen LogP contribution in [-0.4, -0.2) is 31.2 Å². The van der Waals surface area contributed by atoms with Crippen molar-refractivity contribution >= 4 is 16.5 Å². The Labute approximate surface area is 102 Å². The van der Waals surface area contributed by atoms with Gasteiger partial charge in [-0.1, -0.05) is 11.3 Å². The largest absolute Gasteiger partial charge is 0.427 e. The number of alkyl halides is 3. The van der Waals surface area contributed by atoms with Crippen molar-refractivity contribution in [3.8, 4) is 0 Å². The highest BCUT2D eigenvalue weighted by molar-refractivity contribution is 7.15. The molecule has 0 atom stereocenters. The first kappa shape index (κ1) is 12.6. The lowest BCUT2D eigenvalue weighted by molar-refractivity contribution is -0.134. The Morgan fingerprint density at radius 2 is 2.06 bits per heavy atom. The van der Waals surface area contributed by atoms with Gasteiger partial charge in [0, 0.05) is 19.1 Å². The van der Waals surface area contributed by atoms with Gasteiger partial charge in [0.1, 0.15) is 4.88 Å². The van der Waals surface area contributed by atoms with Gasteiger partial charge in [0.05, 0.1) is 6.20 Å². The molecule has 17 heavy (non-hydrogen) atoms. The van der Waals surface area contributed by atoms with E-state index in [0.717, 1.165) is 43.5 Å². The number of hydrogen-bond acceptors (Lipinski definition) is 4. The molecule has 0 amide bonds. The van der Waals surface area contributed by atoms with Crippen LogP contribution < -0.4 is 10.2 Å². The van der Waals surface area contributed by atoms with E-state index in [4.69, 9.17) is 0 Å². The van der Waals surface area contributed by atoms with E-state index in [0.29, 0.717) is 11.2 Å². The minimum Gasteiger partial charge on any atom is -0.348 e. The first-order valence-electron chi connectivity index (χ1n) is 5.46. The van der Waals surface area contributed by atoms with Crippen molar-refractivity contribution in [2.75, 3.05) is 25.0 Å². The van der Waals surface area contributed by atoms with E-state index in [9.17, 15) is 13.2 Å². The van der Waals surface area contributed by atoms with E-state index in [1.807, 2.05) is 11.9 Å². The second-order valence-corrected chi connectivity index (χ2v) is 5.06. The Balaban J connectivity index is 2.02. The van der Waals surface area contributed by atoms with Gasteiger partial charge in [0.25, 0.3) is 0 Å². The molecule has 1 saturated heterocycles. The summed E-state index contributed by atoms with van der Waals surface area (Å²) in [4.78, 5) is 5.16. The van der Waals surface area contributed by atoms with Crippen molar-refractivity contribution in [1.29, 1.82) is 0 Å². The first-order chi connectivity index (χ1) is 8.00. The summed E-state index contributed by atoms with van der Waals surface area (Å²) in [6.07, 6.45) is -1.47. The zero-order valence-electron chi connectivity index (χ0n) is 9.42. The summed E-state index contributed by atoms with van der Waals surface area (Å²) >= 11 is 0.725. The molecule has 3 nitrogen and oxygen atoms in total. The van der Waals surface area contributed by atoms with Crippen LogP contribution in [0.4, 0.5) is 18.3 Å². The van der Waals surface area contributed by atoms with Crippen LogP contribution in [0.5, 0.6) is 0 Å². The van der Waals surface area contributed by atoms with E-state index in [1.165, 1.54) is 0 Å². The van der Waals surface area contributed by atoms with Gasteiger partial charge in [-0.3, -0.25) is 0 Å². The first-order valence-corrected chi connectivity index (χ1v) is 6.27. The average molecular weight is 265 g/mol. The molecule has 0 radical (unpaired) electrons. The lowest BCUT2D eigenvalue weighted by Crippen LogP contribution is -2.41. The minimum atomic E-state index is -4.28. The van der Waals surface area contributed by atoms with Gasteiger partial charge in [-0.05, 0) is 19.9 Å². The van der Waals surface area contributed by atoms with Crippen LogP contribution in [0, 0.1) is 0 Å². The summed E-state index contributed by atoms with van der Waals surface area (Å²) in [5, 5.41) is 3.66. The van der Waals surface area contributed by atoms with E-state index in [-0.39, 0.29) is 0 Å². The molecule has 2 rings (SSSR count). The molecule has 1 N–H and O–H groups in total. The molecule has 96 valence electrons. The van der Waals surface area contributed by atoms with Gasteiger partial charge in [0.15, 0.2) is 5.13 Å². The highest BCUT2D eigenvalue weighted by atomic mass is 32.1. The Morgan fingerprint density at radius 3 is 2.53 bits per heavy atom. The molecule has 1 aliphatic rings. The van der Waals surface area contributed by atoms with E-state index >= 15 is 0 Å².